The average Bonchev–Trinajstić information content (AvgIpc) is 2.79. The van der Waals surface area contributed by atoms with Gasteiger partial charge in [-0.15, -0.1) is 0 Å². The summed E-state index contributed by atoms with van der Waals surface area (Å²) in [6.07, 6.45) is -19.1. The van der Waals surface area contributed by atoms with Crippen molar-refractivity contribution in [2.45, 2.75) is 98.2 Å². The maximum atomic E-state index is 10.9. The number of hydrogen-bond acceptors (Lipinski definition) is 15. The van der Waals surface area contributed by atoms with E-state index in [2.05, 4.69) is 0 Å². The lowest BCUT2D eigenvalue weighted by Gasteiger charge is -2.48. The van der Waals surface area contributed by atoms with Gasteiger partial charge in [-0.1, -0.05) is 0 Å². The fraction of sp³-hybridized carbons (Fsp3) is 1.00. The quantitative estimate of drug-likeness (QED) is 0.167. The zero-order chi connectivity index (χ0) is 24.6. The van der Waals surface area contributed by atoms with Gasteiger partial charge in [-0.3, -0.25) is 0 Å². The molecule has 3 aliphatic rings. The largest absolute Gasteiger partial charge is 0.394 e. The molecule has 15 atom stereocenters. The summed E-state index contributed by atoms with van der Waals surface area (Å²) in [5.41, 5.74) is 17.7. The maximum absolute atomic E-state index is 10.9. The van der Waals surface area contributed by atoms with Crippen molar-refractivity contribution in [3.8, 4) is 0 Å². The second kappa shape index (κ2) is 11.0. The molecule has 0 aromatic carbocycles. The van der Waals surface area contributed by atoms with E-state index in [0.717, 1.165) is 0 Å². The number of aliphatic hydroxyl groups excluding tert-OH is 8. The summed E-state index contributed by atoms with van der Waals surface area (Å²) in [6, 6.07) is -1.73. The van der Waals surface area contributed by atoms with Crippen LogP contribution in [0.25, 0.3) is 0 Å². The summed E-state index contributed by atoms with van der Waals surface area (Å²) in [5, 5.41) is 80.5. The molecule has 1 saturated carbocycles. The molecular formula is C18H35N3O12. The third-order valence-corrected chi connectivity index (χ3v) is 6.39. The average molecular weight is 485 g/mol. The molecule has 2 saturated heterocycles. The van der Waals surface area contributed by atoms with Crippen LogP contribution in [0.4, 0.5) is 0 Å². The van der Waals surface area contributed by atoms with Crippen LogP contribution in [-0.4, -0.2) is 146 Å². The number of aliphatic hydroxyl groups is 8. The smallest absolute Gasteiger partial charge is 0.187 e. The number of hydrogen-bond donors (Lipinski definition) is 11. The van der Waals surface area contributed by atoms with Crippen molar-refractivity contribution in [3.05, 3.63) is 0 Å². The molecule has 2 heterocycles. The Morgan fingerprint density at radius 3 is 1.48 bits per heavy atom. The minimum absolute atomic E-state index is 0.0537. The first-order chi connectivity index (χ1) is 15.5. The molecule has 1 aliphatic carbocycles. The monoisotopic (exact) mass is 485 g/mol. The van der Waals surface area contributed by atoms with E-state index in [0.29, 0.717) is 0 Å². The van der Waals surface area contributed by atoms with Gasteiger partial charge in [-0.05, 0) is 6.42 Å². The van der Waals surface area contributed by atoms with E-state index in [-0.39, 0.29) is 13.0 Å². The molecule has 2 aliphatic heterocycles. The van der Waals surface area contributed by atoms with Crippen LogP contribution in [-0.2, 0) is 18.9 Å². The Bertz CT molecular complexity index is 582. The molecule has 0 aromatic rings. The number of nitrogens with two attached hydrogens (primary N) is 3. The fourth-order valence-electron chi connectivity index (χ4n) is 4.35. The van der Waals surface area contributed by atoms with E-state index in [1.807, 2.05) is 0 Å². The third kappa shape index (κ3) is 5.32. The second-order valence-electron chi connectivity index (χ2n) is 8.70. The third-order valence-electron chi connectivity index (χ3n) is 6.39. The Kier molecular flexibility index (Phi) is 8.99. The predicted octanol–water partition coefficient (Wildman–Crippen LogP) is -7.26. The summed E-state index contributed by atoms with van der Waals surface area (Å²) >= 11 is 0. The Labute approximate surface area is 189 Å². The Hall–Kier alpha value is -0.600. The van der Waals surface area contributed by atoms with Crippen LogP contribution in [0.3, 0.4) is 0 Å². The lowest BCUT2D eigenvalue weighted by Crippen LogP contribution is -2.68. The SMILES string of the molecule is NCC1OC(OC2C(N)CC(N)C(OC3OC(CO)C(O)C(O)C3O)C2O)C(O)C(O)C1O. The van der Waals surface area contributed by atoms with Gasteiger partial charge in [-0.25, -0.2) is 0 Å². The standard InChI is InChI=1S/C18H35N3O12/c19-2-6-8(23)10(25)12(27)17(30-6)32-15-4(20)1-5(21)16(14(15)29)33-18-13(28)11(26)9(24)7(3-22)31-18/h4-18,22-29H,1-3,19-21H2. The van der Waals surface area contributed by atoms with E-state index in [1.165, 1.54) is 0 Å². The van der Waals surface area contributed by atoms with Gasteiger partial charge >= 0.3 is 0 Å². The highest BCUT2D eigenvalue weighted by atomic mass is 16.7. The van der Waals surface area contributed by atoms with Gasteiger partial charge in [0.05, 0.1) is 6.61 Å². The van der Waals surface area contributed by atoms with E-state index in [9.17, 15) is 40.9 Å². The van der Waals surface area contributed by atoms with Gasteiger partial charge in [0.15, 0.2) is 12.6 Å². The van der Waals surface area contributed by atoms with Crippen molar-refractivity contribution in [3.63, 3.8) is 0 Å². The Morgan fingerprint density at radius 2 is 1.06 bits per heavy atom. The van der Waals surface area contributed by atoms with E-state index >= 15 is 0 Å². The zero-order valence-electron chi connectivity index (χ0n) is 17.7. The lowest BCUT2D eigenvalue weighted by atomic mass is 9.84. The molecule has 3 rings (SSSR count). The molecule has 33 heavy (non-hydrogen) atoms. The Morgan fingerprint density at radius 1 is 0.636 bits per heavy atom. The number of rotatable bonds is 6. The highest BCUT2D eigenvalue weighted by Crippen LogP contribution is 2.31. The van der Waals surface area contributed by atoms with Crippen molar-refractivity contribution >= 4 is 0 Å². The van der Waals surface area contributed by atoms with Crippen LogP contribution in [0.5, 0.6) is 0 Å². The van der Waals surface area contributed by atoms with Gasteiger partial charge in [0, 0.05) is 18.6 Å². The van der Waals surface area contributed by atoms with Crippen molar-refractivity contribution in [2.75, 3.05) is 13.2 Å². The molecule has 0 bridgehead atoms. The van der Waals surface area contributed by atoms with Crippen LogP contribution in [0.2, 0.25) is 0 Å². The molecule has 15 heteroatoms. The highest BCUT2D eigenvalue weighted by Gasteiger charge is 2.51. The molecule has 194 valence electrons. The summed E-state index contributed by atoms with van der Waals surface area (Å²) < 4.78 is 22.0. The first-order valence-corrected chi connectivity index (χ1v) is 10.7. The summed E-state index contributed by atoms with van der Waals surface area (Å²) in [6.45, 7) is -0.855. The molecule has 15 unspecified atom stereocenters. The van der Waals surface area contributed by atoms with Crippen molar-refractivity contribution < 1.29 is 59.8 Å². The Balaban J connectivity index is 1.72. The van der Waals surface area contributed by atoms with Crippen LogP contribution in [0.15, 0.2) is 0 Å². The molecule has 0 aromatic heterocycles. The first-order valence-electron chi connectivity index (χ1n) is 10.7. The van der Waals surface area contributed by atoms with Crippen molar-refractivity contribution in [1.82, 2.24) is 0 Å². The van der Waals surface area contributed by atoms with E-state index < -0.39 is 98.4 Å². The normalized spacial score (nSPS) is 53.7. The summed E-state index contributed by atoms with van der Waals surface area (Å²) in [4.78, 5) is 0. The van der Waals surface area contributed by atoms with Gasteiger partial charge < -0.3 is 77.0 Å². The summed E-state index contributed by atoms with van der Waals surface area (Å²) in [5.74, 6) is 0. The molecule has 0 radical (unpaired) electrons. The molecular weight excluding hydrogens is 450 g/mol. The summed E-state index contributed by atoms with van der Waals surface area (Å²) in [7, 11) is 0. The van der Waals surface area contributed by atoms with Crippen LogP contribution >= 0.6 is 0 Å². The van der Waals surface area contributed by atoms with E-state index in [4.69, 9.17) is 36.1 Å². The highest BCUT2D eigenvalue weighted by molar-refractivity contribution is 5.01. The molecule has 0 spiro atoms. The topological polar surface area (TPSA) is 277 Å². The molecule has 3 fully saturated rings. The fourth-order valence-corrected chi connectivity index (χ4v) is 4.35. The molecule has 14 N–H and O–H groups in total. The van der Waals surface area contributed by atoms with Gasteiger partial charge in [-0.2, -0.15) is 0 Å². The maximum Gasteiger partial charge on any atom is 0.187 e. The first kappa shape index (κ1) is 27.0. The van der Waals surface area contributed by atoms with Crippen molar-refractivity contribution in [1.29, 1.82) is 0 Å². The van der Waals surface area contributed by atoms with Gasteiger partial charge in [0.1, 0.15) is 67.1 Å². The lowest BCUT2D eigenvalue weighted by molar-refractivity contribution is -0.339. The van der Waals surface area contributed by atoms with E-state index in [1.54, 1.807) is 0 Å². The van der Waals surface area contributed by atoms with Crippen LogP contribution in [0.1, 0.15) is 6.42 Å². The minimum atomic E-state index is -1.72. The van der Waals surface area contributed by atoms with Crippen LogP contribution in [0, 0.1) is 0 Å². The number of ether oxygens (including phenoxy) is 4. The van der Waals surface area contributed by atoms with Crippen molar-refractivity contribution in [2.24, 2.45) is 17.2 Å². The van der Waals surface area contributed by atoms with Gasteiger partial charge in [0.2, 0.25) is 0 Å². The minimum Gasteiger partial charge on any atom is -0.394 e. The van der Waals surface area contributed by atoms with Crippen LogP contribution < -0.4 is 17.2 Å². The predicted molar refractivity (Wildman–Crippen MR) is 106 cm³/mol. The second-order valence-corrected chi connectivity index (χ2v) is 8.70. The zero-order valence-corrected chi connectivity index (χ0v) is 17.7. The van der Waals surface area contributed by atoms with Gasteiger partial charge in [0.25, 0.3) is 0 Å². The molecule has 0 amide bonds. The molecule has 15 nitrogen and oxygen atoms in total.